The quantitative estimate of drug-likeness (QED) is 0.726. The van der Waals surface area contributed by atoms with Crippen molar-refractivity contribution in [1.82, 2.24) is 25.0 Å². The summed E-state index contributed by atoms with van der Waals surface area (Å²) in [6.07, 6.45) is 4.66. The van der Waals surface area contributed by atoms with Crippen LogP contribution in [0.2, 0.25) is 0 Å². The van der Waals surface area contributed by atoms with Crippen LogP contribution in [0.25, 0.3) is 5.65 Å². The number of nitrogens with zero attached hydrogens (tertiary/aromatic N) is 6. The average Bonchev–Trinajstić information content (AvgIpc) is 3.03. The number of aromatic nitrogens is 5. The molecule has 1 unspecified atom stereocenters. The molecule has 6 nitrogen and oxygen atoms in total. The van der Waals surface area contributed by atoms with Gasteiger partial charge in [0.2, 0.25) is 5.65 Å². The highest BCUT2D eigenvalue weighted by atomic mass is 19.2. The second-order valence-electron chi connectivity index (χ2n) is 5.53. The monoisotopic (exact) mass is 316 g/mol. The summed E-state index contributed by atoms with van der Waals surface area (Å²) in [5, 5.41) is 11.6. The van der Waals surface area contributed by atoms with E-state index in [1.807, 2.05) is 6.92 Å². The van der Waals surface area contributed by atoms with E-state index >= 15 is 0 Å². The fraction of sp³-hybridized carbons (Fsp3) is 0.333. The highest BCUT2D eigenvalue weighted by Gasteiger charge is 2.30. The number of fused-ring (bicyclic) bond motifs is 2. The van der Waals surface area contributed by atoms with Gasteiger partial charge in [0.15, 0.2) is 17.5 Å². The SMILES string of the molecule is CCC1c2cc(F)c(F)cc2CCN1c1nccn2nnnc12. The molecule has 0 amide bonds. The molecule has 0 saturated carbocycles. The summed E-state index contributed by atoms with van der Waals surface area (Å²) in [5.41, 5.74) is 2.20. The number of hydrogen-bond donors (Lipinski definition) is 0. The van der Waals surface area contributed by atoms with Crippen LogP contribution in [0.5, 0.6) is 0 Å². The Morgan fingerprint density at radius 1 is 1.26 bits per heavy atom. The van der Waals surface area contributed by atoms with E-state index in [4.69, 9.17) is 0 Å². The molecule has 2 aromatic heterocycles. The molecular weight excluding hydrogens is 302 g/mol. The molecule has 1 aliphatic rings. The van der Waals surface area contributed by atoms with Gasteiger partial charge in [-0.15, -0.1) is 5.10 Å². The number of halogens is 2. The lowest BCUT2D eigenvalue weighted by Gasteiger charge is -2.37. The van der Waals surface area contributed by atoms with Gasteiger partial charge in [0, 0.05) is 12.7 Å². The van der Waals surface area contributed by atoms with E-state index in [-0.39, 0.29) is 6.04 Å². The summed E-state index contributed by atoms with van der Waals surface area (Å²) in [6.45, 7) is 2.66. The molecule has 4 rings (SSSR count). The molecule has 0 aliphatic carbocycles. The first kappa shape index (κ1) is 14.0. The fourth-order valence-electron chi connectivity index (χ4n) is 3.26. The van der Waals surface area contributed by atoms with Gasteiger partial charge >= 0.3 is 0 Å². The molecule has 0 N–H and O–H groups in total. The van der Waals surface area contributed by atoms with Crippen LogP contribution in [0.15, 0.2) is 24.5 Å². The first-order valence-electron chi connectivity index (χ1n) is 7.46. The van der Waals surface area contributed by atoms with Gasteiger partial charge in [0.1, 0.15) is 0 Å². The van der Waals surface area contributed by atoms with Crippen molar-refractivity contribution in [1.29, 1.82) is 0 Å². The molecule has 118 valence electrons. The van der Waals surface area contributed by atoms with Crippen LogP contribution in [0, 0.1) is 11.6 Å². The van der Waals surface area contributed by atoms with Crippen molar-refractivity contribution in [2.75, 3.05) is 11.4 Å². The summed E-state index contributed by atoms with van der Waals surface area (Å²) < 4.78 is 28.7. The molecule has 0 fully saturated rings. The normalized spacial score (nSPS) is 17.5. The Labute approximate surface area is 130 Å². The summed E-state index contributed by atoms with van der Waals surface area (Å²) in [7, 11) is 0. The van der Waals surface area contributed by atoms with Crippen LogP contribution >= 0.6 is 0 Å². The molecule has 0 bridgehead atoms. The van der Waals surface area contributed by atoms with E-state index < -0.39 is 11.6 Å². The zero-order chi connectivity index (χ0) is 16.0. The molecule has 1 aliphatic heterocycles. The minimum absolute atomic E-state index is 0.0933. The Balaban J connectivity index is 1.84. The fourth-order valence-corrected chi connectivity index (χ4v) is 3.26. The van der Waals surface area contributed by atoms with Crippen molar-refractivity contribution in [3.8, 4) is 0 Å². The predicted octanol–water partition coefficient (Wildman–Crippen LogP) is 2.31. The van der Waals surface area contributed by atoms with Crippen LogP contribution in [0.3, 0.4) is 0 Å². The number of rotatable bonds is 2. The lowest BCUT2D eigenvalue weighted by atomic mass is 9.90. The van der Waals surface area contributed by atoms with E-state index in [9.17, 15) is 8.78 Å². The van der Waals surface area contributed by atoms with Gasteiger partial charge in [-0.2, -0.15) is 4.52 Å². The van der Waals surface area contributed by atoms with Crippen molar-refractivity contribution in [3.05, 3.63) is 47.3 Å². The van der Waals surface area contributed by atoms with E-state index in [0.717, 1.165) is 17.5 Å². The van der Waals surface area contributed by atoms with Crippen molar-refractivity contribution >= 4 is 11.5 Å². The standard InChI is InChI=1S/C15H14F2N6/c1-2-13-10-8-12(17)11(16)7-9(10)3-5-22(13)14-15-19-20-21-23(15)6-4-18-14/h4,6-8,13H,2-3,5H2,1H3. The van der Waals surface area contributed by atoms with Gasteiger partial charge in [-0.25, -0.2) is 13.8 Å². The second kappa shape index (κ2) is 5.22. The van der Waals surface area contributed by atoms with Gasteiger partial charge < -0.3 is 4.90 Å². The van der Waals surface area contributed by atoms with Crippen molar-refractivity contribution in [2.24, 2.45) is 0 Å². The van der Waals surface area contributed by atoms with Gasteiger partial charge in [0.25, 0.3) is 0 Å². The molecule has 23 heavy (non-hydrogen) atoms. The molecule has 1 aromatic carbocycles. The van der Waals surface area contributed by atoms with Crippen molar-refractivity contribution in [2.45, 2.75) is 25.8 Å². The lowest BCUT2D eigenvalue weighted by molar-refractivity contribution is 0.492. The molecule has 1 atom stereocenters. The molecule has 0 radical (unpaired) electrons. The average molecular weight is 316 g/mol. The Hall–Kier alpha value is -2.64. The van der Waals surface area contributed by atoms with Crippen LogP contribution in [-0.4, -0.2) is 31.6 Å². The van der Waals surface area contributed by atoms with E-state index in [0.29, 0.717) is 24.4 Å². The third-order valence-electron chi connectivity index (χ3n) is 4.30. The maximum Gasteiger partial charge on any atom is 0.222 e. The Morgan fingerprint density at radius 3 is 2.91 bits per heavy atom. The summed E-state index contributed by atoms with van der Waals surface area (Å²) in [6, 6.07) is 2.51. The third kappa shape index (κ3) is 2.13. The Kier molecular flexibility index (Phi) is 3.17. The van der Waals surface area contributed by atoms with Crippen LogP contribution < -0.4 is 4.90 Å². The number of tetrazole rings is 1. The van der Waals surface area contributed by atoms with E-state index in [1.165, 1.54) is 12.1 Å². The van der Waals surface area contributed by atoms with Crippen LogP contribution in [0.4, 0.5) is 14.6 Å². The maximum atomic E-state index is 13.7. The summed E-state index contributed by atoms with van der Waals surface area (Å²) >= 11 is 0. The topological polar surface area (TPSA) is 59.2 Å². The van der Waals surface area contributed by atoms with Crippen molar-refractivity contribution < 1.29 is 8.78 Å². The zero-order valence-electron chi connectivity index (χ0n) is 12.4. The minimum atomic E-state index is -0.820. The maximum absolute atomic E-state index is 13.7. The van der Waals surface area contributed by atoms with Gasteiger partial charge in [-0.1, -0.05) is 6.92 Å². The summed E-state index contributed by atoms with van der Waals surface area (Å²) in [5.74, 6) is -0.965. The number of benzene rings is 1. The van der Waals surface area contributed by atoms with E-state index in [2.05, 4.69) is 25.4 Å². The van der Waals surface area contributed by atoms with Gasteiger partial charge in [-0.3, -0.25) is 0 Å². The highest BCUT2D eigenvalue weighted by Crippen LogP contribution is 2.36. The predicted molar refractivity (Wildman–Crippen MR) is 79.0 cm³/mol. The Morgan fingerprint density at radius 2 is 2.09 bits per heavy atom. The zero-order valence-corrected chi connectivity index (χ0v) is 12.4. The lowest BCUT2D eigenvalue weighted by Crippen LogP contribution is -2.36. The first-order chi connectivity index (χ1) is 11.2. The largest absolute Gasteiger partial charge is 0.346 e. The minimum Gasteiger partial charge on any atom is -0.346 e. The van der Waals surface area contributed by atoms with Gasteiger partial charge in [0.05, 0.1) is 12.2 Å². The van der Waals surface area contributed by atoms with Gasteiger partial charge in [-0.05, 0) is 46.5 Å². The smallest absolute Gasteiger partial charge is 0.222 e. The molecular formula is C15H14F2N6. The second-order valence-corrected chi connectivity index (χ2v) is 5.53. The number of hydrogen-bond acceptors (Lipinski definition) is 5. The molecule has 0 spiro atoms. The van der Waals surface area contributed by atoms with Crippen LogP contribution in [0.1, 0.15) is 30.5 Å². The summed E-state index contributed by atoms with van der Waals surface area (Å²) in [4.78, 5) is 6.47. The number of anilines is 1. The molecule has 3 aromatic rings. The first-order valence-corrected chi connectivity index (χ1v) is 7.46. The molecule has 3 heterocycles. The molecule has 8 heteroatoms. The third-order valence-corrected chi connectivity index (χ3v) is 4.30. The van der Waals surface area contributed by atoms with Crippen molar-refractivity contribution in [3.63, 3.8) is 0 Å². The van der Waals surface area contributed by atoms with Crippen LogP contribution in [-0.2, 0) is 6.42 Å². The van der Waals surface area contributed by atoms with E-state index in [1.54, 1.807) is 16.9 Å². The molecule has 0 saturated heterocycles. The Bertz CT molecular complexity index is 878. The highest BCUT2D eigenvalue weighted by molar-refractivity contribution is 5.64.